The lowest BCUT2D eigenvalue weighted by Crippen LogP contribution is -2.25. The number of hydrogen-bond acceptors (Lipinski definition) is 5. The first kappa shape index (κ1) is 14.2. The lowest BCUT2D eigenvalue weighted by Gasteiger charge is -2.21. The predicted octanol–water partition coefficient (Wildman–Crippen LogP) is 3.17. The summed E-state index contributed by atoms with van der Waals surface area (Å²) in [6.45, 7) is 1.88. The van der Waals surface area contributed by atoms with Gasteiger partial charge in [-0.3, -0.25) is 4.90 Å². The van der Waals surface area contributed by atoms with Gasteiger partial charge in [-0.2, -0.15) is 4.98 Å². The molecule has 1 atom stereocenters. The number of nitrogens with zero attached hydrogens (tertiary/aromatic N) is 5. The van der Waals surface area contributed by atoms with Crippen molar-refractivity contribution in [2.75, 3.05) is 6.54 Å². The number of benzene rings is 1. The van der Waals surface area contributed by atoms with Crippen molar-refractivity contribution >= 4 is 11.0 Å². The maximum atomic E-state index is 5.46. The quantitative estimate of drug-likeness (QED) is 0.738. The van der Waals surface area contributed by atoms with Crippen LogP contribution in [0.3, 0.4) is 0 Å². The second kappa shape index (κ2) is 5.41. The van der Waals surface area contributed by atoms with Crippen molar-refractivity contribution < 1.29 is 4.52 Å². The van der Waals surface area contributed by atoms with Gasteiger partial charge in [-0.1, -0.05) is 17.3 Å². The van der Waals surface area contributed by atoms with Crippen molar-refractivity contribution in [3.05, 3.63) is 41.8 Å². The van der Waals surface area contributed by atoms with Gasteiger partial charge < -0.3 is 9.09 Å². The third kappa shape index (κ3) is 2.33. The van der Waals surface area contributed by atoms with E-state index in [2.05, 4.69) is 44.9 Å². The highest BCUT2D eigenvalue weighted by Gasteiger charge is 2.34. The number of aromatic nitrogens is 4. The van der Waals surface area contributed by atoms with Crippen LogP contribution in [0.1, 0.15) is 55.2 Å². The number of imidazole rings is 1. The lowest BCUT2D eigenvalue weighted by atomic mass is 10.2. The van der Waals surface area contributed by atoms with Crippen LogP contribution in [-0.2, 0) is 13.6 Å². The zero-order valence-electron chi connectivity index (χ0n) is 13.9. The molecule has 2 aromatic heterocycles. The summed E-state index contributed by atoms with van der Waals surface area (Å²) in [5.41, 5.74) is 2.24. The van der Waals surface area contributed by atoms with E-state index >= 15 is 0 Å². The Kier molecular flexibility index (Phi) is 3.19. The SMILES string of the molecule is Cn1c(CN2CCC[C@@H]2c2noc(C3CC3)n2)nc2ccccc21. The first-order valence-corrected chi connectivity index (χ1v) is 8.77. The molecule has 24 heavy (non-hydrogen) atoms. The highest BCUT2D eigenvalue weighted by atomic mass is 16.5. The Labute approximate surface area is 140 Å². The molecule has 1 saturated heterocycles. The van der Waals surface area contributed by atoms with Crippen LogP contribution < -0.4 is 0 Å². The minimum atomic E-state index is 0.251. The number of fused-ring (bicyclic) bond motifs is 1. The molecule has 1 aliphatic carbocycles. The molecule has 6 heteroatoms. The Balaban J connectivity index is 1.41. The molecule has 0 spiro atoms. The van der Waals surface area contributed by atoms with Gasteiger partial charge in [-0.15, -0.1) is 0 Å². The second-order valence-corrected chi connectivity index (χ2v) is 6.97. The normalized spacial score (nSPS) is 21.8. The second-order valence-electron chi connectivity index (χ2n) is 6.97. The van der Waals surface area contributed by atoms with Crippen molar-refractivity contribution in [2.24, 2.45) is 7.05 Å². The molecule has 6 nitrogen and oxygen atoms in total. The highest BCUT2D eigenvalue weighted by molar-refractivity contribution is 5.75. The molecule has 2 aliphatic rings. The van der Waals surface area contributed by atoms with E-state index in [-0.39, 0.29) is 6.04 Å². The summed E-state index contributed by atoms with van der Waals surface area (Å²) < 4.78 is 7.65. The third-order valence-corrected chi connectivity index (χ3v) is 5.27. The average Bonchev–Trinajstić information content (AvgIpc) is 3.03. The molecule has 1 aliphatic heterocycles. The number of aryl methyl sites for hydroxylation is 1. The van der Waals surface area contributed by atoms with Crippen LogP contribution in [0.2, 0.25) is 0 Å². The Morgan fingerprint density at radius 1 is 1.17 bits per heavy atom. The minimum absolute atomic E-state index is 0.251. The Hall–Kier alpha value is -2.21. The molecular formula is C18H21N5O. The molecule has 3 aromatic rings. The Morgan fingerprint density at radius 3 is 2.88 bits per heavy atom. The highest BCUT2D eigenvalue weighted by Crippen LogP contribution is 2.40. The molecule has 0 N–H and O–H groups in total. The molecule has 124 valence electrons. The van der Waals surface area contributed by atoms with Gasteiger partial charge >= 0.3 is 0 Å². The Morgan fingerprint density at radius 2 is 2.04 bits per heavy atom. The van der Waals surface area contributed by atoms with E-state index in [1.54, 1.807) is 0 Å². The minimum Gasteiger partial charge on any atom is -0.339 e. The van der Waals surface area contributed by atoms with E-state index in [0.717, 1.165) is 42.6 Å². The van der Waals surface area contributed by atoms with Gasteiger partial charge in [0.05, 0.1) is 23.6 Å². The smallest absolute Gasteiger partial charge is 0.229 e. The molecule has 3 heterocycles. The maximum Gasteiger partial charge on any atom is 0.229 e. The van der Waals surface area contributed by atoms with E-state index in [1.165, 1.54) is 24.8 Å². The molecule has 0 radical (unpaired) electrons. The van der Waals surface area contributed by atoms with Crippen LogP contribution in [0.25, 0.3) is 11.0 Å². The number of rotatable bonds is 4. The molecule has 5 rings (SSSR count). The van der Waals surface area contributed by atoms with Crippen molar-refractivity contribution in [1.29, 1.82) is 0 Å². The van der Waals surface area contributed by atoms with Crippen LogP contribution in [0.5, 0.6) is 0 Å². The predicted molar refractivity (Wildman–Crippen MR) is 89.4 cm³/mol. The van der Waals surface area contributed by atoms with E-state index < -0.39 is 0 Å². The summed E-state index contributed by atoms with van der Waals surface area (Å²) in [5.74, 6) is 3.29. The number of hydrogen-bond donors (Lipinski definition) is 0. The summed E-state index contributed by atoms with van der Waals surface area (Å²) in [5, 5.41) is 4.26. The van der Waals surface area contributed by atoms with Crippen LogP contribution in [-0.4, -0.2) is 31.1 Å². The molecular weight excluding hydrogens is 302 g/mol. The van der Waals surface area contributed by atoms with E-state index in [9.17, 15) is 0 Å². The van der Waals surface area contributed by atoms with Gasteiger partial charge in [-0.05, 0) is 44.4 Å². The summed E-state index contributed by atoms with van der Waals surface area (Å²) in [7, 11) is 2.09. The van der Waals surface area contributed by atoms with E-state index in [0.29, 0.717) is 5.92 Å². The fraction of sp³-hybridized carbons (Fsp3) is 0.500. The van der Waals surface area contributed by atoms with Gasteiger partial charge in [-0.25, -0.2) is 4.98 Å². The number of para-hydroxylation sites is 2. The molecule has 0 amide bonds. The fourth-order valence-corrected chi connectivity index (χ4v) is 3.70. The van der Waals surface area contributed by atoms with E-state index in [1.807, 2.05) is 6.07 Å². The standard InChI is InChI=1S/C18H21N5O/c1-22-14-6-3-2-5-13(14)19-16(22)11-23-10-4-7-15(23)17-20-18(24-21-17)12-8-9-12/h2-3,5-6,12,15H,4,7-11H2,1H3/t15-/m1/s1. The van der Waals surface area contributed by atoms with Crippen LogP contribution in [0.15, 0.2) is 28.8 Å². The van der Waals surface area contributed by atoms with Crippen molar-refractivity contribution in [3.63, 3.8) is 0 Å². The molecule has 0 unspecified atom stereocenters. The van der Waals surface area contributed by atoms with Crippen LogP contribution >= 0.6 is 0 Å². The zero-order valence-corrected chi connectivity index (χ0v) is 13.9. The topological polar surface area (TPSA) is 60.0 Å². The molecule has 1 aromatic carbocycles. The van der Waals surface area contributed by atoms with Gasteiger partial charge in [0.25, 0.3) is 0 Å². The van der Waals surface area contributed by atoms with Crippen LogP contribution in [0.4, 0.5) is 0 Å². The molecule has 0 bridgehead atoms. The van der Waals surface area contributed by atoms with Gasteiger partial charge in [0.1, 0.15) is 5.82 Å². The monoisotopic (exact) mass is 323 g/mol. The van der Waals surface area contributed by atoms with Crippen molar-refractivity contribution in [1.82, 2.24) is 24.6 Å². The van der Waals surface area contributed by atoms with Crippen molar-refractivity contribution in [3.8, 4) is 0 Å². The Bertz CT molecular complexity index is 879. The average molecular weight is 323 g/mol. The first-order valence-electron chi connectivity index (χ1n) is 8.77. The molecule has 1 saturated carbocycles. The summed E-state index contributed by atoms with van der Waals surface area (Å²) in [6.07, 6.45) is 4.64. The largest absolute Gasteiger partial charge is 0.339 e. The van der Waals surface area contributed by atoms with Gasteiger partial charge in [0.15, 0.2) is 5.82 Å². The summed E-state index contributed by atoms with van der Waals surface area (Å²) in [6, 6.07) is 8.54. The third-order valence-electron chi connectivity index (χ3n) is 5.27. The zero-order chi connectivity index (χ0) is 16.1. The van der Waals surface area contributed by atoms with Gasteiger partial charge in [0.2, 0.25) is 5.89 Å². The maximum absolute atomic E-state index is 5.46. The van der Waals surface area contributed by atoms with Gasteiger partial charge in [0, 0.05) is 13.0 Å². The molecule has 2 fully saturated rings. The lowest BCUT2D eigenvalue weighted by molar-refractivity contribution is 0.227. The van der Waals surface area contributed by atoms with E-state index in [4.69, 9.17) is 9.51 Å². The summed E-state index contributed by atoms with van der Waals surface area (Å²) >= 11 is 0. The van der Waals surface area contributed by atoms with Crippen LogP contribution in [0, 0.1) is 0 Å². The fourth-order valence-electron chi connectivity index (χ4n) is 3.70. The first-order chi connectivity index (χ1) is 11.8. The van der Waals surface area contributed by atoms with Crippen molar-refractivity contribution in [2.45, 2.75) is 44.2 Å². The number of likely N-dealkylation sites (tertiary alicyclic amines) is 1. The summed E-state index contributed by atoms with van der Waals surface area (Å²) in [4.78, 5) is 11.9.